The number of ether oxygens (including phenoxy) is 1. The quantitative estimate of drug-likeness (QED) is 0.448. The van der Waals surface area contributed by atoms with E-state index >= 15 is 0 Å². The molecule has 4 amide bonds. The third kappa shape index (κ3) is 6.95. The van der Waals surface area contributed by atoms with Crippen molar-refractivity contribution in [2.75, 3.05) is 13.2 Å². The van der Waals surface area contributed by atoms with Gasteiger partial charge in [0.25, 0.3) is 11.8 Å². The van der Waals surface area contributed by atoms with E-state index in [4.69, 9.17) is 4.74 Å². The maximum Gasteiger partial charge on any atom is 0.322 e. The van der Waals surface area contributed by atoms with Crippen molar-refractivity contribution in [3.05, 3.63) is 71.8 Å². The molecule has 8 heteroatoms. The van der Waals surface area contributed by atoms with Crippen LogP contribution in [0.1, 0.15) is 24.0 Å². The summed E-state index contributed by atoms with van der Waals surface area (Å²) in [6, 6.07) is 18.1. The Morgan fingerprint density at radius 2 is 1.58 bits per heavy atom. The molecule has 1 saturated heterocycles. The number of carbonyl (C=O) groups is 4. The minimum Gasteiger partial charge on any atom is -0.456 e. The Morgan fingerprint density at radius 1 is 0.935 bits per heavy atom. The summed E-state index contributed by atoms with van der Waals surface area (Å²) in [6.07, 6.45) is 0.727. The first-order chi connectivity index (χ1) is 15.0. The van der Waals surface area contributed by atoms with Crippen LogP contribution < -0.4 is 10.6 Å². The molecular formula is C23H25N3O5. The van der Waals surface area contributed by atoms with Gasteiger partial charge in [0.05, 0.1) is 0 Å². The smallest absolute Gasteiger partial charge is 0.322 e. The minimum absolute atomic E-state index is 0.0751. The zero-order valence-electron chi connectivity index (χ0n) is 17.1. The van der Waals surface area contributed by atoms with Gasteiger partial charge in [-0.15, -0.1) is 0 Å². The second kappa shape index (κ2) is 10.9. The Labute approximate surface area is 180 Å². The number of nitrogens with zero attached hydrogens (tertiary/aromatic N) is 1. The van der Waals surface area contributed by atoms with E-state index in [9.17, 15) is 19.2 Å². The highest BCUT2D eigenvalue weighted by Crippen LogP contribution is 2.09. The van der Waals surface area contributed by atoms with Crippen LogP contribution in [0.3, 0.4) is 0 Å². The Bertz CT molecular complexity index is 917. The molecule has 1 fully saturated rings. The average molecular weight is 423 g/mol. The van der Waals surface area contributed by atoms with Gasteiger partial charge < -0.3 is 15.0 Å². The largest absolute Gasteiger partial charge is 0.456 e. The van der Waals surface area contributed by atoms with Crippen LogP contribution in [-0.2, 0) is 32.1 Å². The van der Waals surface area contributed by atoms with E-state index in [1.165, 1.54) is 0 Å². The van der Waals surface area contributed by atoms with E-state index in [1.54, 1.807) is 4.90 Å². The predicted molar refractivity (Wildman–Crippen MR) is 113 cm³/mol. The van der Waals surface area contributed by atoms with E-state index in [2.05, 4.69) is 10.6 Å². The lowest BCUT2D eigenvalue weighted by atomic mass is 10.1. The van der Waals surface area contributed by atoms with Crippen molar-refractivity contribution in [2.24, 2.45) is 0 Å². The summed E-state index contributed by atoms with van der Waals surface area (Å²) < 4.78 is 5.12. The summed E-state index contributed by atoms with van der Waals surface area (Å²) in [5.74, 6) is -1.35. The van der Waals surface area contributed by atoms with Crippen LogP contribution in [0.2, 0.25) is 0 Å². The lowest BCUT2D eigenvalue weighted by Gasteiger charge is -2.23. The van der Waals surface area contributed by atoms with Crippen molar-refractivity contribution in [3.63, 3.8) is 0 Å². The molecule has 1 atom stereocenters. The molecular weight excluding hydrogens is 398 g/mol. The summed E-state index contributed by atoms with van der Waals surface area (Å²) >= 11 is 0. The topological polar surface area (TPSA) is 105 Å². The molecule has 0 radical (unpaired) electrons. The van der Waals surface area contributed by atoms with Crippen molar-refractivity contribution >= 4 is 23.8 Å². The van der Waals surface area contributed by atoms with Gasteiger partial charge in [-0.1, -0.05) is 60.7 Å². The Hall–Kier alpha value is -3.68. The highest BCUT2D eigenvalue weighted by atomic mass is 16.5. The lowest BCUT2D eigenvalue weighted by Crippen LogP contribution is -2.36. The maximum absolute atomic E-state index is 12.8. The van der Waals surface area contributed by atoms with Crippen molar-refractivity contribution < 1.29 is 23.9 Å². The van der Waals surface area contributed by atoms with Gasteiger partial charge >= 0.3 is 12.0 Å². The van der Waals surface area contributed by atoms with Crippen LogP contribution in [0, 0.1) is 0 Å². The third-order valence-electron chi connectivity index (χ3n) is 4.93. The summed E-state index contributed by atoms with van der Waals surface area (Å²) in [5.41, 5.74) is 2.10. The molecule has 0 unspecified atom stereocenters. The molecule has 1 heterocycles. The molecule has 0 saturated carbocycles. The SMILES string of the molecule is O=C1NC(=O)[C@H](CCC(=O)OCC(=O)N(CCc2ccccc2)Cc2ccccc2)N1. The number of hydrogen-bond donors (Lipinski definition) is 2. The van der Waals surface area contributed by atoms with Crippen molar-refractivity contribution in [2.45, 2.75) is 31.8 Å². The highest BCUT2D eigenvalue weighted by molar-refractivity contribution is 6.04. The number of imide groups is 1. The molecule has 2 aromatic carbocycles. The molecule has 1 aliphatic rings. The zero-order valence-corrected chi connectivity index (χ0v) is 17.1. The third-order valence-corrected chi connectivity index (χ3v) is 4.93. The summed E-state index contributed by atoms with van der Waals surface area (Å²) in [6.45, 7) is 0.533. The van der Waals surface area contributed by atoms with Crippen molar-refractivity contribution in [1.29, 1.82) is 0 Å². The van der Waals surface area contributed by atoms with Crippen LogP contribution in [0.4, 0.5) is 4.79 Å². The number of urea groups is 1. The first-order valence-corrected chi connectivity index (χ1v) is 10.1. The van der Waals surface area contributed by atoms with E-state index < -0.39 is 23.9 Å². The summed E-state index contributed by atoms with van der Waals surface area (Å²) in [7, 11) is 0. The molecule has 8 nitrogen and oxygen atoms in total. The molecule has 0 aromatic heterocycles. The normalized spacial score (nSPS) is 15.2. The van der Waals surface area contributed by atoms with E-state index in [0.29, 0.717) is 19.5 Å². The molecule has 2 N–H and O–H groups in total. The van der Waals surface area contributed by atoms with Crippen LogP contribution >= 0.6 is 0 Å². The molecule has 1 aliphatic heterocycles. The number of benzene rings is 2. The molecule has 162 valence electrons. The van der Waals surface area contributed by atoms with E-state index in [1.807, 2.05) is 60.7 Å². The van der Waals surface area contributed by atoms with Crippen LogP contribution in [-0.4, -0.2) is 47.9 Å². The number of hydrogen-bond acceptors (Lipinski definition) is 5. The first-order valence-electron chi connectivity index (χ1n) is 10.1. The van der Waals surface area contributed by atoms with Crippen molar-refractivity contribution in [1.82, 2.24) is 15.5 Å². The lowest BCUT2D eigenvalue weighted by molar-refractivity contribution is -0.152. The number of carbonyl (C=O) groups excluding carboxylic acids is 4. The monoisotopic (exact) mass is 423 g/mol. The van der Waals surface area contributed by atoms with Crippen LogP contribution in [0.15, 0.2) is 60.7 Å². The summed E-state index contributed by atoms with van der Waals surface area (Å²) in [4.78, 5) is 49.0. The zero-order chi connectivity index (χ0) is 22.1. The second-order valence-corrected chi connectivity index (χ2v) is 7.25. The molecule has 31 heavy (non-hydrogen) atoms. The Morgan fingerprint density at radius 3 is 2.19 bits per heavy atom. The molecule has 2 aromatic rings. The second-order valence-electron chi connectivity index (χ2n) is 7.25. The summed E-state index contributed by atoms with van der Waals surface area (Å²) in [5, 5.41) is 4.52. The molecule has 0 spiro atoms. The van der Waals surface area contributed by atoms with Gasteiger partial charge in [0.2, 0.25) is 0 Å². The standard InChI is InChI=1S/C23H25N3O5/c27-20(16-31-21(28)12-11-19-22(29)25-23(30)24-19)26(15-18-9-5-2-6-10-18)14-13-17-7-3-1-4-8-17/h1-10,19H,11-16H2,(H2,24,25,29,30)/t19-/m0/s1. The Kier molecular flexibility index (Phi) is 7.75. The number of esters is 1. The van der Waals surface area contributed by atoms with Gasteiger partial charge in [0.15, 0.2) is 6.61 Å². The fourth-order valence-corrected chi connectivity index (χ4v) is 3.23. The number of rotatable bonds is 10. The highest BCUT2D eigenvalue weighted by Gasteiger charge is 2.29. The number of amides is 4. The Balaban J connectivity index is 1.51. The molecule has 0 aliphatic carbocycles. The van der Waals surface area contributed by atoms with Gasteiger partial charge in [-0.3, -0.25) is 19.7 Å². The van der Waals surface area contributed by atoms with Gasteiger partial charge in [-0.2, -0.15) is 0 Å². The van der Waals surface area contributed by atoms with Crippen molar-refractivity contribution in [3.8, 4) is 0 Å². The van der Waals surface area contributed by atoms with E-state index in [0.717, 1.165) is 11.1 Å². The molecule has 0 bridgehead atoms. The minimum atomic E-state index is -0.754. The van der Waals surface area contributed by atoms with Gasteiger partial charge in [0.1, 0.15) is 6.04 Å². The average Bonchev–Trinajstić information content (AvgIpc) is 3.11. The fourth-order valence-electron chi connectivity index (χ4n) is 3.23. The van der Waals surface area contributed by atoms with E-state index in [-0.39, 0.29) is 25.4 Å². The fraction of sp³-hybridized carbons (Fsp3) is 0.304. The number of nitrogens with one attached hydrogen (secondary N) is 2. The van der Waals surface area contributed by atoms with Crippen LogP contribution in [0.5, 0.6) is 0 Å². The predicted octanol–water partition coefficient (Wildman–Crippen LogP) is 1.79. The van der Waals surface area contributed by atoms with Gasteiger partial charge in [0, 0.05) is 19.5 Å². The van der Waals surface area contributed by atoms with Gasteiger partial charge in [-0.05, 0) is 24.0 Å². The maximum atomic E-state index is 12.8. The molecule has 3 rings (SSSR count). The van der Waals surface area contributed by atoms with Gasteiger partial charge in [-0.25, -0.2) is 4.79 Å². The first kappa shape index (κ1) is 22.0. The van der Waals surface area contributed by atoms with Crippen LogP contribution in [0.25, 0.3) is 0 Å².